The van der Waals surface area contributed by atoms with Crippen LogP contribution in [0.3, 0.4) is 0 Å². The molecule has 0 heterocycles. The van der Waals surface area contributed by atoms with Crippen molar-refractivity contribution in [2.75, 3.05) is 20.1 Å². The van der Waals surface area contributed by atoms with Crippen LogP contribution >= 0.6 is 24.0 Å². The zero-order chi connectivity index (χ0) is 17.6. The van der Waals surface area contributed by atoms with Crippen molar-refractivity contribution < 1.29 is 9.13 Å². The Morgan fingerprint density at radius 2 is 1.92 bits per heavy atom. The second-order valence-electron chi connectivity index (χ2n) is 6.29. The molecule has 140 valence electrons. The highest BCUT2D eigenvalue weighted by molar-refractivity contribution is 14.0. The van der Waals surface area contributed by atoms with E-state index in [4.69, 9.17) is 4.74 Å². The lowest BCUT2D eigenvalue weighted by atomic mass is 9.78. The number of para-hydroxylation sites is 1. The second kappa shape index (κ2) is 9.75. The summed E-state index contributed by atoms with van der Waals surface area (Å²) in [5.41, 5.74) is 2.85. The van der Waals surface area contributed by atoms with E-state index in [1.165, 1.54) is 17.2 Å². The van der Waals surface area contributed by atoms with Crippen LogP contribution in [0.1, 0.15) is 24.0 Å². The minimum absolute atomic E-state index is 0. The number of fused-ring (bicyclic) bond motifs is 1. The van der Waals surface area contributed by atoms with Gasteiger partial charge >= 0.3 is 0 Å². The van der Waals surface area contributed by atoms with E-state index in [9.17, 15) is 4.39 Å². The molecule has 0 aromatic heterocycles. The van der Waals surface area contributed by atoms with Gasteiger partial charge in [-0.15, -0.1) is 24.0 Å². The Hall–Kier alpha value is -1.83. The Balaban J connectivity index is 0.00000243. The van der Waals surface area contributed by atoms with Crippen LogP contribution < -0.4 is 15.4 Å². The maximum Gasteiger partial charge on any atom is 0.191 e. The summed E-state index contributed by atoms with van der Waals surface area (Å²) in [6, 6.07) is 15.0. The van der Waals surface area contributed by atoms with Crippen molar-refractivity contribution in [1.29, 1.82) is 0 Å². The van der Waals surface area contributed by atoms with Gasteiger partial charge in [-0.3, -0.25) is 4.99 Å². The summed E-state index contributed by atoms with van der Waals surface area (Å²) in [6.45, 7) is 3.28. The number of aliphatic imine (C=N–C) groups is 1. The van der Waals surface area contributed by atoms with E-state index < -0.39 is 0 Å². The van der Waals surface area contributed by atoms with Crippen molar-refractivity contribution in [3.05, 3.63) is 65.5 Å². The normalized spacial score (nSPS) is 16.6. The fourth-order valence-corrected chi connectivity index (χ4v) is 3.02. The SMILES string of the molecule is CN=C(NCC(C)Oc1ccccc1F)NCC1Cc2ccccc21.I. The van der Waals surface area contributed by atoms with E-state index in [1.54, 1.807) is 25.2 Å². The zero-order valence-corrected chi connectivity index (χ0v) is 17.4. The molecule has 2 aromatic rings. The fourth-order valence-electron chi connectivity index (χ4n) is 3.02. The number of ether oxygens (including phenoxy) is 1. The number of hydrogen-bond donors (Lipinski definition) is 2. The summed E-state index contributed by atoms with van der Waals surface area (Å²) in [6.07, 6.45) is 0.923. The van der Waals surface area contributed by atoms with Gasteiger partial charge in [-0.2, -0.15) is 0 Å². The fraction of sp³-hybridized carbons (Fsp3) is 0.350. The molecule has 0 amide bonds. The summed E-state index contributed by atoms with van der Waals surface area (Å²) in [5.74, 6) is 1.18. The van der Waals surface area contributed by atoms with E-state index in [2.05, 4.69) is 39.9 Å². The van der Waals surface area contributed by atoms with Gasteiger partial charge in [-0.05, 0) is 36.6 Å². The van der Waals surface area contributed by atoms with Crippen LogP contribution in [0.4, 0.5) is 4.39 Å². The van der Waals surface area contributed by atoms with Gasteiger partial charge in [-0.1, -0.05) is 36.4 Å². The van der Waals surface area contributed by atoms with Crippen LogP contribution in [0.25, 0.3) is 0 Å². The van der Waals surface area contributed by atoms with Crippen molar-refractivity contribution in [3.63, 3.8) is 0 Å². The lowest BCUT2D eigenvalue weighted by Gasteiger charge is -2.30. The van der Waals surface area contributed by atoms with Gasteiger partial charge in [0, 0.05) is 19.5 Å². The van der Waals surface area contributed by atoms with Gasteiger partial charge in [0.1, 0.15) is 6.10 Å². The molecule has 6 heteroatoms. The largest absolute Gasteiger partial charge is 0.486 e. The Labute approximate surface area is 171 Å². The average Bonchev–Trinajstić information content (AvgIpc) is 2.60. The topological polar surface area (TPSA) is 45.7 Å². The number of hydrogen-bond acceptors (Lipinski definition) is 2. The zero-order valence-electron chi connectivity index (χ0n) is 15.0. The summed E-state index contributed by atoms with van der Waals surface area (Å²) < 4.78 is 19.2. The van der Waals surface area contributed by atoms with Crippen LogP contribution in [-0.2, 0) is 6.42 Å². The first-order valence-corrected chi connectivity index (χ1v) is 8.61. The molecule has 0 fully saturated rings. The van der Waals surface area contributed by atoms with Crippen molar-refractivity contribution in [1.82, 2.24) is 10.6 Å². The lowest BCUT2D eigenvalue weighted by Crippen LogP contribution is -2.44. The van der Waals surface area contributed by atoms with E-state index >= 15 is 0 Å². The van der Waals surface area contributed by atoms with Gasteiger partial charge in [0.2, 0.25) is 0 Å². The van der Waals surface area contributed by atoms with E-state index in [0.29, 0.717) is 12.5 Å². The lowest BCUT2D eigenvalue weighted by molar-refractivity contribution is 0.214. The quantitative estimate of drug-likeness (QED) is 0.385. The Bertz CT molecular complexity index is 753. The molecule has 0 saturated heterocycles. The van der Waals surface area contributed by atoms with Crippen LogP contribution in [0.2, 0.25) is 0 Å². The molecule has 1 aliphatic carbocycles. The van der Waals surface area contributed by atoms with Crippen molar-refractivity contribution in [3.8, 4) is 5.75 Å². The third-order valence-corrected chi connectivity index (χ3v) is 4.42. The molecule has 2 N–H and O–H groups in total. The summed E-state index contributed by atoms with van der Waals surface area (Å²) in [4.78, 5) is 4.24. The second-order valence-corrected chi connectivity index (χ2v) is 6.29. The van der Waals surface area contributed by atoms with Crippen LogP contribution in [-0.4, -0.2) is 32.2 Å². The van der Waals surface area contributed by atoms with Gasteiger partial charge in [-0.25, -0.2) is 4.39 Å². The molecule has 0 bridgehead atoms. The van der Waals surface area contributed by atoms with Gasteiger partial charge < -0.3 is 15.4 Å². The third kappa shape index (κ3) is 5.09. The predicted molar refractivity (Wildman–Crippen MR) is 114 cm³/mol. The predicted octanol–water partition coefficient (Wildman–Crippen LogP) is 3.72. The molecule has 1 aliphatic rings. The number of rotatable bonds is 6. The van der Waals surface area contributed by atoms with Crippen molar-refractivity contribution in [2.24, 2.45) is 4.99 Å². The Morgan fingerprint density at radius 3 is 2.65 bits per heavy atom. The Morgan fingerprint density at radius 1 is 1.19 bits per heavy atom. The summed E-state index contributed by atoms with van der Waals surface area (Å²) >= 11 is 0. The number of nitrogens with one attached hydrogen (secondary N) is 2. The highest BCUT2D eigenvalue weighted by atomic mass is 127. The molecular weight excluding hydrogens is 444 g/mol. The van der Waals surface area contributed by atoms with E-state index in [-0.39, 0.29) is 41.6 Å². The van der Waals surface area contributed by atoms with E-state index in [0.717, 1.165) is 18.9 Å². The van der Waals surface area contributed by atoms with E-state index in [1.807, 2.05) is 6.92 Å². The number of nitrogens with zero attached hydrogens (tertiary/aromatic N) is 1. The first-order chi connectivity index (χ1) is 12.2. The number of guanidine groups is 1. The highest BCUT2D eigenvalue weighted by Crippen LogP contribution is 2.33. The number of halogens is 2. The molecule has 2 atom stereocenters. The van der Waals surface area contributed by atoms with Crippen LogP contribution in [0.15, 0.2) is 53.5 Å². The van der Waals surface area contributed by atoms with Crippen LogP contribution in [0.5, 0.6) is 5.75 Å². The van der Waals surface area contributed by atoms with Gasteiger partial charge in [0.25, 0.3) is 0 Å². The molecule has 2 unspecified atom stereocenters. The third-order valence-electron chi connectivity index (χ3n) is 4.42. The molecule has 0 spiro atoms. The van der Waals surface area contributed by atoms with Crippen LogP contribution in [0, 0.1) is 5.82 Å². The summed E-state index contributed by atoms with van der Waals surface area (Å²) in [5, 5.41) is 6.58. The maximum absolute atomic E-state index is 13.6. The molecule has 0 saturated carbocycles. The average molecular weight is 469 g/mol. The molecule has 2 aromatic carbocycles. The minimum atomic E-state index is -0.347. The molecule has 26 heavy (non-hydrogen) atoms. The molecule has 0 aliphatic heterocycles. The molecule has 3 rings (SSSR count). The Kier molecular flexibility index (Phi) is 7.68. The minimum Gasteiger partial charge on any atom is -0.486 e. The standard InChI is InChI=1S/C20H24FN3O.HI/c1-14(25-19-10-6-5-9-18(19)21)12-23-20(22-2)24-13-16-11-15-7-3-4-8-17(15)16;/h3-10,14,16H,11-13H2,1-2H3,(H2,22,23,24);1H. The molecule has 4 nitrogen and oxygen atoms in total. The highest BCUT2D eigenvalue weighted by Gasteiger charge is 2.25. The summed E-state index contributed by atoms with van der Waals surface area (Å²) in [7, 11) is 1.74. The van der Waals surface area contributed by atoms with Crippen molar-refractivity contribution >= 4 is 29.9 Å². The first-order valence-electron chi connectivity index (χ1n) is 8.61. The van der Waals surface area contributed by atoms with Gasteiger partial charge in [0.05, 0.1) is 6.54 Å². The maximum atomic E-state index is 13.6. The van der Waals surface area contributed by atoms with Gasteiger partial charge in [0.15, 0.2) is 17.5 Å². The molecule has 0 radical (unpaired) electrons. The first kappa shape index (κ1) is 20.5. The number of benzene rings is 2. The molecular formula is C20H25FIN3O. The monoisotopic (exact) mass is 469 g/mol. The smallest absolute Gasteiger partial charge is 0.191 e. The van der Waals surface area contributed by atoms with Crippen molar-refractivity contribution in [2.45, 2.75) is 25.4 Å².